The second-order valence-corrected chi connectivity index (χ2v) is 6.22. The van der Waals surface area contributed by atoms with Crippen molar-refractivity contribution in [3.63, 3.8) is 0 Å². The second-order valence-electron chi connectivity index (χ2n) is 5.30. The number of rotatable bonds is 8. The number of carbonyl (C=O) groups is 2. The Labute approximate surface area is 148 Å². The standard InChI is InChI=1S/C17H19NO6S/c19-13(14(20)12-7-9-25-15(12)16(21)22)6-8-18-17(23)24-10-11-4-2-1-3-5-11/h1-5,7,9,13-14,19-20H,6,8,10H2,(H,18,23)(H,21,22). The summed E-state index contributed by atoms with van der Waals surface area (Å²) in [5.74, 6) is -1.15. The largest absolute Gasteiger partial charge is 0.477 e. The van der Waals surface area contributed by atoms with E-state index in [0.29, 0.717) is 0 Å². The lowest BCUT2D eigenvalue weighted by Gasteiger charge is -2.18. The van der Waals surface area contributed by atoms with Gasteiger partial charge in [0.05, 0.1) is 6.10 Å². The summed E-state index contributed by atoms with van der Waals surface area (Å²) in [5.41, 5.74) is 1.02. The predicted octanol–water partition coefficient (Wildman–Crippen LogP) is 2.16. The first-order chi connectivity index (χ1) is 12.0. The summed E-state index contributed by atoms with van der Waals surface area (Å²) >= 11 is 0.976. The summed E-state index contributed by atoms with van der Waals surface area (Å²) < 4.78 is 5.02. The quantitative estimate of drug-likeness (QED) is 0.570. The number of carboxylic acid groups (broad SMARTS) is 1. The molecule has 0 radical (unpaired) electrons. The number of aliphatic hydroxyl groups is 2. The van der Waals surface area contributed by atoms with E-state index in [1.807, 2.05) is 30.3 Å². The highest BCUT2D eigenvalue weighted by Gasteiger charge is 2.24. The van der Waals surface area contributed by atoms with Crippen molar-refractivity contribution in [3.8, 4) is 0 Å². The highest BCUT2D eigenvalue weighted by atomic mass is 32.1. The molecule has 2 rings (SSSR count). The van der Waals surface area contributed by atoms with Gasteiger partial charge in [-0.3, -0.25) is 0 Å². The minimum absolute atomic E-state index is 0.0122. The van der Waals surface area contributed by atoms with Crippen molar-refractivity contribution in [2.45, 2.75) is 25.2 Å². The van der Waals surface area contributed by atoms with Crippen LogP contribution in [0, 0.1) is 0 Å². The van der Waals surface area contributed by atoms with Crippen LogP contribution < -0.4 is 5.32 Å². The minimum atomic E-state index is -1.33. The Kier molecular flexibility index (Phi) is 6.93. The number of alkyl carbamates (subject to hydrolysis) is 1. The molecule has 0 aliphatic carbocycles. The number of thiophene rings is 1. The van der Waals surface area contributed by atoms with Crippen molar-refractivity contribution in [3.05, 3.63) is 57.8 Å². The molecular weight excluding hydrogens is 346 g/mol. The fourth-order valence-corrected chi connectivity index (χ4v) is 2.96. The zero-order chi connectivity index (χ0) is 18.2. The van der Waals surface area contributed by atoms with Gasteiger partial charge in [-0.25, -0.2) is 9.59 Å². The van der Waals surface area contributed by atoms with Crippen molar-refractivity contribution in [2.75, 3.05) is 6.54 Å². The lowest BCUT2D eigenvalue weighted by atomic mass is 10.0. The summed E-state index contributed by atoms with van der Waals surface area (Å²) in [6.07, 6.45) is -3.12. The Balaban J connectivity index is 1.74. The molecule has 8 heteroatoms. The Bertz CT molecular complexity index is 702. The number of hydrogen-bond donors (Lipinski definition) is 4. The number of hydrogen-bond acceptors (Lipinski definition) is 6. The van der Waals surface area contributed by atoms with Crippen molar-refractivity contribution in [1.82, 2.24) is 5.32 Å². The number of carboxylic acids is 1. The van der Waals surface area contributed by atoms with Gasteiger partial charge in [0.2, 0.25) is 0 Å². The van der Waals surface area contributed by atoms with Crippen molar-refractivity contribution in [1.29, 1.82) is 0 Å². The van der Waals surface area contributed by atoms with Crippen LogP contribution in [0.25, 0.3) is 0 Å². The first kappa shape index (κ1) is 18.9. The molecule has 0 aliphatic rings. The Hall–Kier alpha value is -2.42. The first-order valence-electron chi connectivity index (χ1n) is 7.60. The number of carbonyl (C=O) groups excluding carboxylic acids is 1. The Morgan fingerprint density at radius 1 is 1.16 bits per heavy atom. The molecular formula is C17H19NO6S. The van der Waals surface area contributed by atoms with Crippen molar-refractivity contribution >= 4 is 23.4 Å². The molecule has 25 heavy (non-hydrogen) atoms. The summed E-state index contributed by atoms with van der Waals surface area (Å²) in [6.45, 7) is 0.215. The molecule has 0 saturated heterocycles. The fourth-order valence-electron chi connectivity index (χ4n) is 2.19. The van der Waals surface area contributed by atoms with Gasteiger partial charge in [-0.05, 0) is 23.4 Å². The Morgan fingerprint density at radius 2 is 1.88 bits per heavy atom. The zero-order valence-corrected chi connectivity index (χ0v) is 14.1. The van der Waals surface area contributed by atoms with E-state index in [1.165, 1.54) is 11.4 Å². The number of aliphatic hydroxyl groups excluding tert-OH is 2. The van der Waals surface area contributed by atoms with Crippen molar-refractivity contribution in [2.24, 2.45) is 0 Å². The third kappa shape index (κ3) is 5.56. The van der Waals surface area contributed by atoms with E-state index in [4.69, 9.17) is 9.84 Å². The molecule has 1 aromatic carbocycles. The maximum absolute atomic E-state index is 11.6. The minimum Gasteiger partial charge on any atom is -0.477 e. The van der Waals surface area contributed by atoms with Gasteiger partial charge in [-0.15, -0.1) is 11.3 Å². The van der Waals surface area contributed by atoms with E-state index in [9.17, 15) is 19.8 Å². The molecule has 0 spiro atoms. The van der Waals surface area contributed by atoms with E-state index >= 15 is 0 Å². The van der Waals surface area contributed by atoms with Crippen LogP contribution in [0.15, 0.2) is 41.8 Å². The molecule has 0 fully saturated rings. The van der Waals surface area contributed by atoms with Gasteiger partial charge in [0.15, 0.2) is 0 Å². The van der Waals surface area contributed by atoms with Crippen LogP contribution in [0.1, 0.15) is 33.3 Å². The lowest BCUT2D eigenvalue weighted by Crippen LogP contribution is -2.30. The van der Waals surface area contributed by atoms with E-state index in [1.54, 1.807) is 0 Å². The van der Waals surface area contributed by atoms with Crippen LogP contribution in [0.5, 0.6) is 0 Å². The molecule has 1 amide bonds. The number of amides is 1. The fraction of sp³-hybridized carbons (Fsp3) is 0.294. The van der Waals surface area contributed by atoms with Crippen molar-refractivity contribution < 1.29 is 29.6 Å². The molecule has 0 saturated carbocycles. The number of benzene rings is 1. The molecule has 2 unspecified atom stereocenters. The SMILES string of the molecule is O=C(NCCC(O)C(O)c1ccsc1C(=O)O)OCc1ccccc1. The summed E-state index contributed by atoms with van der Waals surface area (Å²) in [6, 6.07) is 10.7. The molecule has 2 atom stereocenters. The molecule has 2 aromatic rings. The van der Waals surface area contributed by atoms with Crippen LogP contribution >= 0.6 is 11.3 Å². The van der Waals surface area contributed by atoms with Crippen LogP contribution in [-0.2, 0) is 11.3 Å². The molecule has 0 bridgehead atoms. The van der Waals surface area contributed by atoms with E-state index < -0.39 is 24.3 Å². The van der Waals surface area contributed by atoms with E-state index in [0.717, 1.165) is 16.9 Å². The van der Waals surface area contributed by atoms with Crippen LogP contribution in [0.2, 0.25) is 0 Å². The lowest BCUT2D eigenvalue weighted by molar-refractivity contribution is 0.0131. The maximum atomic E-state index is 11.6. The van der Waals surface area contributed by atoms with Gasteiger partial charge in [0.25, 0.3) is 0 Å². The smallest absolute Gasteiger partial charge is 0.407 e. The maximum Gasteiger partial charge on any atom is 0.407 e. The second kappa shape index (κ2) is 9.16. The van der Waals surface area contributed by atoms with Gasteiger partial charge in [0, 0.05) is 12.1 Å². The number of ether oxygens (including phenoxy) is 1. The topological polar surface area (TPSA) is 116 Å². The molecule has 0 aliphatic heterocycles. The Morgan fingerprint density at radius 3 is 2.56 bits per heavy atom. The van der Waals surface area contributed by atoms with E-state index in [-0.39, 0.29) is 30.0 Å². The van der Waals surface area contributed by atoms with Gasteiger partial charge >= 0.3 is 12.1 Å². The number of nitrogens with one attached hydrogen (secondary N) is 1. The molecule has 134 valence electrons. The van der Waals surface area contributed by atoms with E-state index in [2.05, 4.69) is 5.32 Å². The molecule has 4 N–H and O–H groups in total. The van der Waals surface area contributed by atoms with Crippen LogP contribution in [-0.4, -0.2) is 40.0 Å². The average Bonchev–Trinajstić information content (AvgIpc) is 3.10. The average molecular weight is 365 g/mol. The molecule has 1 heterocycles. The third-order valence-corrected chi connectivity index (χ3v) is 4.41. The molecule has 7 nitrogen and oxygen atoms in total. The first-order valence-corrected chi connectivity index (χ1v) is 8.48. The van der Waals surface area contributed by atoms with Gasteiger partial charge in [-0.2, -0.15) is 0 Å². The summed E-state index contributed by atoms with van der Waals surface area (Å²) in [5, 5.41) is 33.1. The van der Waals surface area contributed by atoms with Crippen LogP contribution in [0.3, 0.4) is 0 Å². The predicted molar refractivity (Wildman–Crippen MR) is 91.5 cm³/mol. The van der Waals surface area contributed by atoms with Gasteiger partial charge < -0.3 is 25.4 Å². The van der Waals surface area contributed by atoms with Gasteiger partial charge in [-0.1, -0.05) is 30.3 Å². The normalized spacial score (nSPS) is 13.0. The highest BCUT2D eigenvalue weighted by molar-refractivity contribution is 7.12. The number of aromatic carboxylic acids is 1. The highest BCUT2D eigenvalue weighted by Crippen LogP contribution is 2.26. The monoisotopic (exact) mass is 365 g/mol. The summed E-state index contributed by atoms with van der Waals surface area (Å²) in [4.78, 5) is 22.6. The third-order valence-electron chi connectivity index (χ3n) is 3.50. The van der Waals surface area contributed by atoms with Gasteiger partial charge in [0.1, 0.15) is 17.6 Å². The summed E-state index contributed by atoms with van der Waals surface area (Å²) in [7, 11) is 0. The molecule has 1 aromatic heterocycles. The van der Waals surface area contributed by atoms with Crippen LogP contribution in [0.4, 0.5) is 4.79 Å². The zero-order valence-electron chi connectivity index (χ0n) is 13.3.